The van der Waals surface area contributed by atoms with E-state index in [1.54, 1.807) is 30.3 Å². The lowest BCUT2D eigenvalue weighted by Crippen LogP contribution is -2.67. The third-order valence-corrected chi connectivity index (χ3v) is 4.50. The SMILES string of the molecule is CC(=O)N[C@@H]1C(O)C[C@](OCc2ccccc2)(C(=O)O)OC1[C@H](O)[C@H](O)CO. The number of hydrogen-bond acceptors (Lipinski definition) is 8. The van der Waals surface area contributed by atoms with Crippen LogP contribution in [0, 0.1) is 0 Å². The molecule has 1 heterocycles. The highest BCUT2D eigenvalue weighted by Gasteiger charge is 2.55. The molecule has 1 aliphatic rings. The van der Waals surface area contributed by atoms with E-state index in [4.69, 9.17) is 14.6 Å². The second-order valence-corrected chi connectivity index (χ2v) is 6.65. The van der Waals surface area contributed by atoms with Gasteiger partial charge in [0.1, 0.15) is 18.3 Å². The number of aliphatic hydroxyl groups excluding tert-OH is 4. The van der Waals surface area contributed by atoms with Crippen molar-refractivity contribution in [3.05, 3.63) is 35.9 Å². The van der Waals surface area contributed by atoms with E-state index in [0.29, 0.717) is 5.56 Å². The molecule has 10 nitrogen and oxygen atoms in total. The molecule has 10 heteroatoms. The van der Waals surface area contributed by atoms with Crippen LogP contribution in [0.5, 0.6) is 0 Å². The van der Waals surface area contributed by atoms with E-state index in [0.717, 1.165) is 0 Å². The van der Waals surface area contributed by atoms with Gasteiger partial charge in [0.15, 0.2) is 0 Å². The van der Waals surface area contributed by atoms with Gasteiger partial charge in [-0.1, -0.05) is 30.3 Å². The molecule has 156 valence electrons. The van der Waals surface area contributed by atoms with Crippen LogP contribution in [0.25, 0.3) is 0 Å². The van der Waals surface area contributed by atoms with Gasteiger partial charge in [-0.05, 0) is 5.56 Å². The van der Waals surface area contributed by atoms with Crippen molar-refractivity contribution < 1.29 is 44.6 Å². The lowest BCUT2D eigenvalue weighted by Gasteiger charge is -2.46. The Balaban J connectivity index is 2.31. The van der Waals surface area contributed by atoms with Gasteiger partial charge in [-0.15, -0.1) is 0 Å². The maximum Gasteiger partial charge on any atom is 0.364 e. The van der Waals surface area contributed by atoms with Gasteiger partial charge >= 0.3 is 5.97 Å². The standard InChI is InChI=1S/C18H25NO9/c1-10(21)19-14-12(22)7-18(17(25)26,27-9-11-5-3-2-4-6-11)28-16(14)15(24)13(23)8-20/h2-6,12-16,20,22-24H,7-9H2,1H3,(H,19,21)(H,25,26)/t12?,13-,14-,15-,16?,18-/m1/s1. The van der Waals surface area contributed by atoms with Crippen molar-refractivity contribution >= 4 is 11.9 Å². The number of aliphatic hydroxyl groups is 4. The normalized spacial score (nSPS) is 29.7. The Morgan fingerprint density at radius 3 is 2.50 bits per heavy atom. The molecule has 0 aromatic heterocycles. The molecule has 1 aliphatic heterocycles. The van der Waals surface area contributed by atoms with E-state index in [1.807, 2.05) is 0 Å². The van der Waals surface area contributed by atoms with Crippen molar-refractivity contribution in [2.75, 3.05) is 6.61 Å². The van der Waals surface area contributed by atoms with Crippen LogP contribution in [-0.2, 0) is 25.7 Å². The summed E-state index contributed by atoms with van der Waals surface area (Å²) in [4.78, 5) is 23.4. The molecule has 2 unspecified atom stereocenters. The topological polar surface area (TPSA) is 166 Å². The quantitative estimate of drug-likeness (QED) is 0.300. The van der Waals surface area contributed by atoms with Gasteiger partial charge in [-0.2, -0.15) is 0 Å². The Morgan fingerprint density at radius 2 is 1.96 bits per heavy atom. The molecule has 1 saturated heterocycles. The number of nitrogens with one attached hydrogen (secondary N) is 1. The number of aliphatic carboxylic acids is 1. The minimum absolute atomic E-state index is 0.157. The van der Waals surface area contributed by atoms with Gasteiger partial charge in [0, 0.05) is 13.3 Å². The highest BCUT2D eigenvalue weighted by atomic mass is 16.7. The summed E-state index contributed by atoms with van der Waals surface area (Å²) < 4.78 is 11.0. The fourth-order valence-corrected chi connectivity index (χ4v) is 3.05. The Kier molecular flexibility index (Phi) is 7.47. The second-order valence-electron chi connectivity index (χ2n) is 6.65. The predicted molar refractivity (Wildman–Crippen MR) is 93.8 cm³/mol. The van der Waals surface area contributed by atoms with Crippen molar-refractivity contribution in [1.29, 1.82) is 0 Å². The fourth-order valence-electron chi connectivity index (χ4n) is 3.05. The lowest BCUT2D eigenvalue weighted by molar-refractivity contribution is -0.314. The second kappa shape index (κ2) is 9.41. The molecular weight excluding hydrogens is 374 g/mol. The summed E-state index contributed by atoms with van der Waals surface area (Å²) in [6, 6.07) is 7.44. The van der Waals surface area contributed by atoms with E-state index in [2.05, 4.69) is 5.32 Å². The largest absolute Gasteiger partial charge is 0.477 e. The molecule has 0 aliphatic carbocycles. The van der Waals surface area contributed by atoms with Crippen LogP contribution in [0.2, 0.25) is 0 Å². The summed E-state index contributed by atoms with van der Waals surface area (Å²) >= 11 is 0. The van der Waals surface area contributed by atoms with Crippen LogP contribution in [0.1, 0.15) is 18.9 Å². The van der Waals surface area contributed by atoms with Crippen molar-refractivity contribution in [3.63, 3.8) is 0 Å². The van der Waals surface area contributed by atoms with Crippen LogP contribution in [0.3, 0.4) is 0 Å². The number of carbonyl (C=O) groups is 2. The number of amides is 1. The third kappa shape index (κ3) is 5.04. The summed E-state index contributed by atoms with van der Waals surface area (Å²) in [5.41, 5.74) is 0.651. The van der Waals surface area contributed by atoms with E-state index >= 15 is 0 Å². The van der Waals surface area contributed by atoms with Crippen molar-refractivity contribution in [3.8, 4) is 0 Å². The van der Waals surface area contributed by atoms with Gasteiger partial charge in [0.05, 0.1) is 25.4 Å². The highest BCUT2D eigenvalue weighted by Crippen LogP contribution is 2.34. The lowest BCUT2D eigenvalue weighted by atomic mass is 9.88. The Morgan fingerprint density at radius 1 is 1.32 bits per heavy atom. The van der Waals surface area contributed by atoms with Crippen molar-refractivity contribution in [2.24, 2.45) is 0 Å². The van der Waals surface area contributed by atoms with E-state index in [-0.39, 0.29) is 6.61 Å². The summed E-state index contributed by atoms with van der Waals surface area (Å²) in [5, 5.41) is 51.7. The molecule has 6 N–H and O–H groups in total. The van der Waals surface area contributed by atoms with Crippen molar-refractivity contribution in [1.82, 2.24) is 5.32 Å². The predicted octanol–water partition coefficient (Wildman–Crippen LogP) is -1.65. The zero-order chi connectivity index (χ0) is 20.9. The summed E-state index contributed by atoms with van der Waals surface area (Å²) in [5.74, 6) is -4.43. The first-order chi connectivity index (χ1) is 13.2. The van der Waals surface area contributed by atoms with Gasteiger partial charge in [-0.25, -0.2) is 4.79 Å². The monoisotopic (exact) mass is 399 g/mol. The maximum absolute atomic E-state index is 11.9. The number of carbonyl (C=O) groups excluding carboxylic acids is 1. The molecule has 1 fully saturated rings. The van der Waals surface area contributed by atoms with Crippen LogP contribution in [0.4, 0.5) is 0 Å². The number of carboxylic acids is 1. The summed E-state index contributed by atoms with van der Waals surface area (Å²) in [6.07, 6.45) is -7.03. The number of hydrogen-bond donors (Lipinski definition) is 6. The van der Waals surface area contributed by atoms with Crippen LogP contribution in [0.15, 0.2) is 30.3 Å². The molecule has 0 spiro atoms. The minimum Gasteiger partial charge on any atom is -0.477 e. The highest BCUT2D eigenvalue weighted by molar-refractivity contribution is 5.76. The summed E-state index contributed by atoms with van der Waals surface area (Å²) in [6.45, 7) is 0.175. The molecule has 1 amide bonds. The Bertz CT molecular complexity index is 670. The first kappa shape index (κ1) is 22.2. The number of benzene rings is 1. The number of ether oxygens (including phenoxy) is 2. The zero-order valence-corrected chi connectivity index (χ0v) is 15.3. The molecule has 28 heavy (non-hydrogen) atoms. The molecule has 0 radical (unpaired) electrons. The number of carboxylic acid groups (broad SMARTS) is 1. The molecule has 0 bridgehead atoms. The first-order valence-corrected chi connectivity index (χ1v) is 8.71. The van der Waals surface area contributed by atoms with E-state index < -0.39 is 61.1 Å². The summed E-state index contributed by atoms with van der Waals surface area (Å²) in [7, 11) is 0. The van der Waals surface area contributed by atoms with Crippen molar-refractivity contribution in [2.45, 2.75) is 56.2 Å². The minimum atomic E-state index is -2.33. The van der Waals surface area contributed by atoms with Gasteiger partial charge in [0.2, 0.25) is 5.91 Å². The van der Waals surface area contributed by atoms with Crippen LogP contribution in [-0.4, -0.2) is 80.3 Å². The molecule has 1 aromatic carbocycles. The average Bonchev–Trinajstić information content (AvgIpc) is 2.67. The molecular formula is C18H25NO9. The van der Waals surface area contributed by atoms with E-state index in [1.165, 1.54) is 6.92 Å². The smallest absolute Gasteiger partial charge is 0.364 e. The molecule has 1 aromatic rings. The molecule has 2 rings (SSSR count). The molecule has 0 saturated carbocycles. The average molecular weight is 399 g/mol. The van der Waals surface area contributed by atoms with Crippen LogP contribution >= 0.6 is 0 Å². The Labute approximate surface area is 161 Å². The first-order valence-electron chi connectivity index (χ1n) is 8.71. The van der Waals surface area contributed by atoms with Gasteiger partial charge in [-0.3, -0.25) is 4.79 Å². The van der Waals surface area contributed by atoms with Crippen LogP contribution < -0.4 is 5.32 Å². The van der Waals surface area contributed by atoms with Gasteiger partial charge in [0.25, 0.3) is 5.79 Å². The third-order valence-electron chi connectivity index (χ3n) is 4.50. The van der Waals surface area contributed by atoms with E-state index in [9.17, 15) is 30.0 Å². The number of rotatable bonds is 8. The fraction of sp³-hybridized carbons (Fsp3) is 0.556. The Hall–Kier alpha value is -2.08. The van der Waals surface area contributed by atoms with Gasteiger partial charge < -0.3 is 40.3 Å². The maximum atomic E-state index is 11.9. The zero-order valence-electron chi connectivity index (χ0n) is 15.3. The molecule has 6 atom stereocenters.